The van der Waals surface area contributed by atoms with Crippen LogP contribution < -0.4 is 9.64 Å². The lowest BCUT2D eigenvalue weighted by molar-refractivity contribution is 0.114. The normalized spacial score (nSPS) is 17.9. The van der Waals surface area contributed by atoms with Gasteiger partial charge in [0, 0.05) is 23.7 Å². The molecule has 0 bridgehead atoms. The molecule has 9 nitrogen and oxygen atoms in total. The van der Waals surface area contributed by atoms with E-state index in [2.05, 4.69) is 34.2 Å². The molecule has 4 rings (SSSR count). The number of aromatic nitrogens is 4. The van der Waals surface area contributed by atoms with Gasteiger partial charge in [0.2, 0.25) is 0 Å². The summed E-state index contributed by atoms with van der Waals surface area (Å²) in [6.45, 7) is 7.36. The minimum Gasteiger partial charge on any atom is -0.497 e. The average Bonchev–Trinajstić information content (AvgIpc) is 3.44. The topological polar surface area (TPSA) is 85.6 Å². The number of rotatable bonds is 10. The van der Waals surface area contributed by atoms with E-state index < -0.39 is 18.2 Å². The van der Waals surface area contributed by atoms with Crippen molar-refractivity contribution in [3.05, 3.63) is 64.9 Å². The van der Waals surface area contributed by atoms with E-state index in [0.717, 1.165) is 25.2 Å². The van der Waals surface area contributed by atoms with Crippen LogP contribution in [0.4, 0.5) is 10.5 Å². The highest BCUT2D eigenvalue weighted by Gasteiger charge is 2.44. The summed E-state index contributed by atoms with van der Waals surface area (Å²) in [7, 11) is 1.61. The lowest BCUT2D eigenvalue weighted by atomic mass is 9.99. The van der Waals surface area contributed by atoms with Crippen molar-refractivity contribution in [2.45, 2.75) is 39.0 Å². The van der Waals surface area contributed by atoms with Crippen LogP contribution in [0.3, 0.4) is 0 Å². The van der Waals surface area contributed by atoms with Crippen molar-refractivity contribution < 1.29 is 14.3 Å². The Morgan fingerprint density at radius 1 is 1.15 bits per heavy atom. The van der Waals surface area contributed by atoms with Gasteiger partial charge in [-0.2, -0.15) is 4.80 Å². The lowest BCUT2D eigenvalue weighted by Crippen LogP contribution is -2.31. The second-order valence-corrected chi connectivity index (χ2v) is 8.46. The van der Waals surface area contributed by atoms with Gasteiger partial charge in [-0.15, -0.1) is 10.2 Å². The number of likely N-dealkylation sites (N-methyl/N-ethyl adjacent to an activating group) is 1. The fraction of sp³-hybridized carbons (Fsp3) is 0.417. The molecule has 0 unspecified atom stereocenters. The Bertz CT molecular complexity index is 1100. The monoisotopic (exact) mass is 484 g/mol. The van der Waals surface area contributed by atoms with E-state index in [-0.39, 0.29) is 6.54 Å². The predicted octanol–water partition coefficient (Wildman–Crippen LogP) is 3.99. The zero-order valence-corrected chi connectivity index (χ0v) is 20.4. The molecule has 0 aliphatic carbocycles. The van der Waals surface area contributed by atoms with Crippen molar-refractivity contribution in [3.8, 4) is 5.75 Å². The smallest absolute Gasteiger partial charge is 0.415 e. The summed E-state index contributed by atoms with van der Waals surface area (Å²) < 4.78 is 11.2. The van der Waals surface area contributed by atoms with Gasteiger partial charge in [0.15, 0.2) is 5.82 Å². The average molecular weight is 485 g/mol. The number of ether oxygens (including phenoxy) is 2. The summed E-state index contributed by atoms with van der Waals surface area (Å²) in [5.74, 6) is 1.37. The quantitative estimate of drug-likeness (QED) is 0.430. The number of halogens is 1. The summed E-state index contributed by atoms with van der Waals surface area (Å²) in [5, 5.41) is 13.5. The Labute approximate surface area is 204 Å². The number of methoxy groups -OCH3 is 1. The molecule has 180 valence electrons. The molecular weight excluding hydrogens is 456 g/mol. The van der Waals surface area contributed by atoms with Crippen LogP contribution in [0.15, 0.2) is 48.5 Å². The molecule has 0 radical (unpaired) electrons. The van der Waals surface area contributed by atoms with E-state index in [1.165, 1.54) is 4.80 Å². The van der Waals surface area contributed by atoms with Gasteiger partial charge in [-0.1, -0.05) is 37.6 Å². The second-order valence-electron chi connectivity index (χ2n) is 8.03. The molecule has 0 spiro atoms. The SMILES string of the molecule is CCN(CC)CCc1nnn(C[C@@H]2OC(=O)N(c3ccc(Cl)cc3)[C@H]2c2cccc(OC)c2)n1. The number of amides is 1. The van der Waals surface area contributed by atoms with Gasteiger partial charge < -0.3 is 14.4 Å². The van der Waals surface area contributed by atoms with Crippen LogP contribution in [0.25, 0.3) is 0 Å². The Morgan fingerprint density at radius 2 is 1.91 bits per heavy atom. The van der Waals surface area contributed by atoms with E-state index in [0.29, 0.717) is 28.7 Å². The van der Waals surface area contributed by atoms with Crippen LogP contribution in [0.1, 0.15) is 31.3 Å². The van der Waals surface area contributed by atoms with Gasteiger partial charge in [0.05, 0.1) is 7.11 Å². The molecule has 1 aromatic heterocycles. The molecule has 2 atom stereocenters. The first-order valence-electron chi connectivity index (χ1n) is 11.4. The summed E-state index contributed by atoms with van der Waals surface area (Å²) >= 11 is 6.07. The number of cyclic esters (lactones) is 1. The van der Waals surface area contributed by atoms with Crippen LogP contribution in [-0.4, -0.2) is 64.0 Å². The van der Waals surface area contributed by atoms with Crippen LogP contribution in [0.5, 0.6) is 5.75 Å². The van der Waals surface area contributed by atoms with E-state index in [1.54, 1.807) is 36.3 Å². The van der Waals surface area contributed by atoms with Gasteiger partial charge in [-0.25, -0.2) is 4.79 Å². The number of anilines is 1. The molecule has 1 aliphatic heterocycles. The minimum absolute atomic E-state index is 0.274. The van der Waals surface area contributed by atoms with Crippen LogP contribution in [0.2, 0.25) is 5.02 Å². The summed E-state index contributed by atoms with van der Waals surface area (Å²) in [4.78, 5) is 18.5. The van der Waals surface area contributed by atoms with Gasteiger partial charge in [0.1, 0.15) is 24.4 Å². The van der Waals surface area contributed by atoms with Crippen molar-refractivity contribution in [3.63, 3.8) is 0 Å². The maximum Gasteiger partial charge on any atom is 0.415 e. The Morgan fingerprint density at radius 3 is 2.62 bits per heavy atom. The number of benzene rings is 2. The first kappa shape index (κ1) is 24.0. The Kier molecular flexibility index (Phi) is 7.64. The first-order valence-corrected chi connectivity index (χ1v) is 11.8. The number of carbonyl (C=O) groups is 1. The third-order valence-electron chi connectivity index (χ3n) is 6.00. The van der Waals surface area contributed by atoms with Crippen molar-refractivity contribution in [2.75, 3.05) is 31.6 Å². The summed E-state index contributed by atoms with van der Waals surface area (Å²) in [6, 6.07) is 14.3. The summed E-state index contributed by atoms with van der Waals surface area (Å²) in [6.07, 6.45) is -0.260. The fourth-order valence-corrected chi connectivity index (χ4v) is 4.26. The summed E-state index contributed by atoms with van der Waals surface area (Å²) in [5.41, 5.74) is 1.57. The number of nitrogens with zero attached hydrogens (tertiary/aromatic N) is 6. The minimum atomic E-state index is -0.528. The molecule has 34 heavy (non-hydrogen) atoms. The zero-order valence-electron chi connectivity index (χ0n) is 19.6. The van der Waals surface area contributed by atoms with E-state index in [1.807, 2.05) is 24.3 Å². The Balaban J connectivity index is 1.59. The molecule has 0 saturated carbocycles. The van der Waals surface area contributed by atoms with Crippen LogP contribution >= 0.6 is 11.6 Å². The molecule has 1 aliphatic rings. The predicted molar refractivity (Wildman–Crippen MR) is 129 cm³/mol. The van der Waals surface area contributed by atoms with E-state index in [9.17, 15) is 4.79 Å². The molecule has 1 fully saturated rings. The van der Waals surface area contributed by atoms with Crippen LogP contribution in [-0.2, 0) is 17.7 Å². The van der Waals surface area contributed by atoms with E-state index >= 15 is 0 Å². The fourth-order valence-electron chi connectivity index (χ4n) is 4.14. The molecule has 10 heteroatoms. The van der Waals surface area contributed by atoms with E-state index in [4.69, 9.17) is 21.1 Å². The number of hydrogen-bond acceptors (Lipinski definition) is 7. The van der Waals surface area contributed by atoms with Crippen molar-refractivity contribution in [2.24, 2.45) is 0 Å². The molecular formula is C24H29ClN6O3. The number of hydrogen-bond donors (Lipinski definition) is 0. The maximum atomic E-state index is 13.0. The first-order chi connectivity index (χ1) is 16.5. The third kappa shape index (κ3) is 5.31. The van der Waals surface area contributed by atoms with Gasteiger partial charge in [0.25, 0.3) is 0 Å². The highest BCUT2D eigenvalue weighted by atomic mass is 35.5. The molecule has 0 N–H and O–H groups in total. The molecule has 3 aromatic rings. The Hall–Kier alpha value is -3.17. The standard InChI is InChI=1S/C24H29ClN6O3/c1-4-29(5-2)14-13-22-26-28-30(27-22)16-21-23(17-7-6-8-20(15-17)33-3)31(24(32)34-21)19-11-9-18(25)10-12-19/h6-12,15,21,23H,4-5,13-14,16H2,1-3H3/t21-,23-/m0/s1. The zero-order chi connectivity index (χ0) is 24.1. The molecule has 1 amide bonds. The number of carbonyl (C=O) groups excluding carboxylic acids is 1. The highest BCUT2D eigenvalue weighted by molar-refractivity contribution is 6.30. The molecule has 2 aromatic carbocycles. The third-order valence-corrected chi connectivity index (χ3v) is 6.25. The van der Waals surface area contributed by atoms with Gasteiger partial charge in [-0.3, -0.25) is 4.90 Å². The van der Waals surface area contributed by atoms with Crippen molar-refractivity contribution in [1.29, 1.82) is 0 Å². The van der Waals surface area contributed by atoms with Gasteiger partial charge in [-0.05, 0) is 60.3 Å². The highest BCUT2D eigenvalue weighted by Crippen LogP contribution is 2.39. The van der Waals surface area contributed by atoms with Crippen molar-refractivity contribution in [1.82, 2.24) is 25.1 Å². The second kappa shape index (κ2) is 10.8. The lowest BCUT2D eigenvalue weighted by Gasteiger charge is -2.25. The van der Waals surface area contributed by atoms with Crippen LogP contribution in [0, 0.1) is 0 Å². The number of tetrazole rings is 1. The molecule has 2 heterocycles. The van der Waals surface area contributed by atoms with Crippen molar-refractivity contribution >= 4 is 23.4 Å². The largest absolute Gasteiger partial charge is 0.497 e. The maximum absolute atomic E-state index is 13.0. The molecule has 1 saturated heterocycles. The van der Waals surface area contributed by atoms with Gasteiger partial charge >= 0.3 is 6.09 Å².